The van der Waals surface area contributed by atoms with Gasteiger partial charge in [0, 0.05) is 26.2 Å². The lowest BCUT2D eigenvalue weighted by atomic mass is 9.96. The van der Waals surface area contributed by atoms with Crippen molar-refractivity contribution < 1.29 is 4.74 Å². The Kier molecular flexibility index (Phi) is 6.22. The van der Waals surface area contributed by atoms with Gasteiger partial charge in [0.15, 0.2) is 0 Å². The second-order valence-corrected chi connectivity index (χ2v) is 5.00. The highest BCUT2D eigenvalue weighted by atomic mass is 16.5. The van der Waals surface area contributed by atoms with Gasteiger partial charge >= 0.3 is 0 Å². The van der Waals surface area contributed by atoms with Crippen LogP contribution in [-0.4, -0.2) is 44.3 Å². The molecular weight excluding hydrogens is 188 g/mol. The van der Waals surface area contributed by atoms with E-state index in [9.17, 15) is 0 Å². The molecule has 1 rings (SSSR count). The Morgan fingerprint density at radius 1 is 1.27 bits per heavy atom. The van der Waals surface area contributed by atoms with Gasteiger partial charge in [-0.25, -0.2) is 0 Å². The molecule has 0 aromatic rings. The van der Waals surface area contributed by atoms with Gasteiger partial charge in [-0.15, -0.1) is 0 Å². The fourth-order valence-electron chi connectivity index (χ4n) is 2.26. The first kappa shape index (κ1) is 12.9. The molecule has 1 heterocycles. The molecule has 2 N–H and O–H groups in total. The molecule has 1 aliphatic heterocycles. The largest absolute Gasteiger partial charge is 0.380 e. The average molecular weight is 214 g/mol. The van der Waals surface area contributed by atoms with Gasteiger partial charge in [0.25, 0.3) is 0 Å². The maximum Gasteiger partial charge on any atom is 0.0593 e. The summed E-state index contributed by atoms with van der Waals surface area (Å²) < 4.78 is 5.45. The van der Waals surface area contributed by atoms with E-state index in [1.165, 1.54) is 19.4 Å². The third-order valence-electron chi connectivity index (χ3n) is 2.97. The Morgan fingerprint density at radius 3 is 2.73 bits per heavy atom. The molecule has 1 aliphatic rings. The van der Waals surface area contributed by atoms with Crippen molar-refractivity contribution in [3.05, 3.63) is 0 Å². The molecule has 0 radical (unpaired) electrons. The van der Waals surface area contributed by atoms with E-state index in [4.69, 9.17) is 10.5 Å². The normalized spacial score (nSPS) is 21.6. The lowest BCUT2D eigenvalue weighted by Crippen LogP contribution is -2.35. The van der Waals surface area contributed by atoms with Crippen molar-refractivity contribution in [2.45, 2.75) is 26.7 Å². The summed E-state index contributed by atoms with van der Waals surface area (Å²) in [6.07, 6.45) is 2.41. The third-order valence-corrected chi connectivity index (χ3v) is 2.97. The minimum Gasteiger partial charge on any atom is -0.380 e. The van der Waals surface area contributed by atoms with Gasteiger partial charge in [-0.05, 0) is 31.2 Å². The van der Waals surface area contributed by atoms with Crippen LogP contribution in [0.15, 0.2) is 0 Å². The van der Waals surface area contributed by atoms with Crippen LogP contribution in [-0.2, 0) is 4.74 Å². The van der Waals surface area contributed by atoms with E-state index in [0.29, 0.717) is 5.92 Å². The summed E-state index contributed by atoms with van der Waals surface area (Å²) in [5.41, 5.74) is 5.82. The molecule has 1 fully saturated rings. The van der Waals surface area contributed by atoms with Gasteiger partial charge < -0.3 is 15.4 Å². The molecule has 0 aromatic carbocycles. The zero-order valence-electron chi connectivity index (χ0n) is 10.2. The topological polar surface area (TPSA) is 38.5 Å². The Hall–Kier alpha value is -0.120. The first-order valence-corrected chi connectivity index (χ1v) is 6.22. The first-order chi connectivity index (χ1) is 7.22. The molecule has 0 bridgehead atoms. The number of nitrogens with two attached hydrogens (primary N) is 1. The van der Waals surface area contributed by atoms with E-state index in [-0.39, 0.29) is 0 Å². The van der Waals surface area contributed by atoms with E-state index in [0.717, 1.165) is 38.8 Å². The first-order valence-electron chi connectivity index (χ1n) is 6.22. The molecule has 0 aliphatic carbocycles. The van der Waals surface area contributed by atoms with Crippen molar-refractivity contribution in [3.63, 3.8) is 0 Å². The van der Waals surface area contributed by atoms with Gasteiger partial charge in [0.05, 0.1) is 6.61 Å². The number of nitrogens with zero attached hydrogens (tertiary/aromatic N) is 1. The molecule has 0 saturated carbocycles. The van der Waals surface area contributed by atoms with Crippen molar-refractivity contribution in [1.82, 2.24) is 4.90 Å². The van der Waals surface area contributed by atoms with Crippen LogP contribution in [0.5, 0.6) is 0 Å². The second kappa shape index (κ2) is 7.20. The zero-order valence-corrected chi connectivity index (χ0v) is 10.2. The Morgan fingerprint density at radius 2 is 2.07 bits per heavy atom. The minimum atomic E-state index is 0.656. The fraction of sp³-hybridized carbons (Fsp3) is 1.00. The molecule has 1 saturated heterocycles. The van der Waals surface area contributed by atoms with Gasteiger partial charge in [-0.2, -0.15) is 0 Å². The average Bonchev–Trinajstić information content (AvgIpc) is 2.44. The Labute approximate surface area is 94.0 Å². The van der Waals surface area contributed by atoms with Crippen molar-refractivity contribution in [1.29, 1.82) is 0 Å². The maximum absolute atomic E-state index is 5.82. The number of hydrogen-bond donors (Lipinski definition) is 1. The van der Waals surface area contributed by atoms with Crippen LogP contribution in [0.3, 0.4) is 0 Å². The number of rotatable bonds is 5. The fourth-order valence-corrected chi connectivity index (χ4v) is 2.26. The molecule has 1 unspecified atom stereocenters. The monoisotopic (exact) mass is 214 g/mol. The second-order valence-electron chi connectivity index (χ2n) is 5.00. The molecule has 0 spiro atoms. The molecule has 1 atom stereocenters. The number of hydrogen-bond acceptors (Lipinski definition) is 3. The van der Waals surface area contributed by atoms with Crippen molar-refractivity contribution in [2.75, 3.05) is 39.4 Å². The van der Waals surface area contributed by atoms with Crippen LogP contribution in [0.4, 0.5) is 0 Å². The van der Waals surface area contributed by atoms with Gasteiger partial charge in [0.1, 0.15) is 0 Å². The van der Waals surface area contributed by atoms with E-state index >= 15 is 0 Å². The zero-order chi connectivity index (χ0) is 11.1. The van der Waals surface area contributed by atoms with E-state index in [1.54, 1.807) is 0 Å². The van der Waals surface area contributed by atoms with Gasteiger partial charge in [-0.3, -0.25) is 0 Å². The van der Waals surface area contributed by atoms with Gasteiger partial charge in [0.2, 0.25) is 0 Å². The minimum absolute atomic E-state index is 0.656. The van der Waals surface area contributed by atoms with Gasteiger partial charge in [-0.1, -0.05) is 13.8 Å². The predicted molar refractivity (Wildman–Crippen MR) is 63.9 cm³/mol. The highest BCUT2D eigenvalue weighted by molar-refractivity contribution is 4.69. The molecule has 15 heavy (non-hydrogen) atoms. The highest BCUT2D eigenvalue weighted by Gasteiger charge is 2.15. The van der Waals surface area contributed by atoms with E-state index in [2.05, 4.69) is 18.7 Å². The molecule has 3 heteroatoms. The molecule has 0 amide bonds. The lowest BCUT2D eigenvalue weighted by Gasteiger charge is -2.25. The van der Waals surface area contributed by atoms with E-state index in [1.807, 2.05) is 0 Å². The molecule has 0 aromatic heterocycles. The summed E-state index contributed by atoms with van der Waals surface area (Å²) in [6.45, 7) is 10.6. The summed E-state index contributed by atoms with van der Waals surface area (Å²) >= 11 is 0. The lowest BCUT2D eigenvalue weighted by molar-refractivity contribution is 0.137. The number of ether oxygens (including phenoxy) is 1. The summed E-state index contributed by atoms with van der Waals surface area (Å²) in [4.78, 5) is 2.51. The third kappa shape index (κ3) is 5.50. The van der Waals surface area contributed by atoms with Crippen molar-refractivity contribution in [2.24, 2.45) is 17.6 Å². The van der Waals surface area contributed by atoms with Crippen LogP contribution in [0.25, 0.3) is 0 Å². The Balaban J connectivity index is 2.28. The van der Waals surface area contributed by atoms with Crippen molar-refractivity contribution >= 4 is 0 Å². The predicted octanol–water partition coefficient (Wildman–Crippen LogP) is 1.33. The smallest absolute Gasteiger partial charge is 0.0593 e. The van der Waals surface area contributed by atoms with Crippen LogP contribution < -0.4 is 5.73 Å². The molecular formula is C12H26N2O. The SMILES string of the molecule is CC(C)CC(CN)CN1CCCOCC1. The summed E-state index contributed by atoms with van der Waals surface area (Å²) in [5.74, 6) is 1.41. The van der Waals surface area contributed by atoms with Crippen LogP contribution in [0.1, 0.15) is 26.7 Å². The highest BCUT2D eigenvalue weighted by Crippen LogP contribution is 2.13. The van der Waals surface area contributed by atoms with E-state index < -0.39 is 0 Å². The summed E-state index contributed by atoms with van der Waals surface area (Å²) in [7, 11) is 0. The van der Waals surface area contributed by atoms with Crippen LogP contribution in [0.2, 0.25) is 0 Å². The molecule has 3 nitrogen and oxygen atoms in total. The summed E-state index contributed by atoms with van der Waals surface area (Å²) in [5, 5.41) is 0. The van der Waals surface area contributed by atoms with Crippen molar-refractivity contribution in [3.8, 4) is 0 Å². The summed E-state index contributed by atoms with van der Waals surface area (Å²) in [6, 6.07) is 0. The van der Waals surface area contributed by atoms with Crippen LogP contribution >= 0.6 is 0 Å². The molecule has 90 valence electrons. The Bertz CT molecular complexity index is 154. The quantitative estimate of drug-likeness (QED) is 0.750. The maximum atomic E-state index is 5.82. The standard InChI is InChI=1S/C12H26N2O/c1-11(2)8-12(9-13)10-14-4-3-6-15-7-5-14/h11-12H,3-10,13H2,1-2H3. The van der Waals surface area contributed by atoms with Crippen LogP contribution in [0, 0.1) is 11.8 Å².